The molecule has 0 N–H and O–H groups in total. The van der Waals surface area contributed by atoms with Gasteiger partial charge < -0.3 is 14.2 Å². The van der Waals surface area contributed by atoms with Gasteiger partial charge in [0.05, 0.1) is 10.0 Å². The number of carbonyl (C=O) groups is 2. The molecule has 0 fully saturated rings. The Morgan fingerprint density at radius 1 is 0.968 bits per heavy atom. The van der Waals surface area contributed by atoms with Crippen LogP contribution in [-0.4, -0.2) is 17.8 Å². The topological polar surface area (TPSA) is 74.2 Å². The Kier molecular flexibility index (Phi) is 5.95. The van der Waals surface area contributed by atoms with Gasteiger partial charge in [0, 0.05) is 6.92 Å². The van der Waals surface area contributed by atoms with Crippen molar-refractivity contribution in [3.63, 3.8) is 0 Å². The number of aliphatic imine (C=N–C) groups is 1. The average Bonchev–Trinajstić information content (AvgIpc) is 3.11. The van der Waals surface area contributed by atoms with E-state index >= 15 is 0 Å². The Hall–Kier alpha value is -3.71. The molecule has 0 saturated heterocycles. The van der Waals surface area contributed by atoms with Crippen LogP contribution >= 0.6 is 15.9 Å². The minimum atomic E-state index is -0.582. The average molecular weight is 478 g/mol. The third kappa shape index (κ3) is 4.90. The smallest absolute Gasteiger partial charge is 0.363 e. The zero-order valence-corrected chi connectivity index (χ0v) is 18.0. The number of nitrogens with zero attached hydrogens (tertiary/aromatic N) is 1. The van der Waals surface area contributed by atoms with Crippen molar-refractivity contribution < 1.29 is 23.8 Å². The molecule has 0 radical (unpaired) electrons. The van der Waals surface area contributed by atoms with Gasteiger partial charge in [0.1, 0.15) is 17.2 Å². The van der Waals surface area contributed by atoms with Crippen molar-refractivity contribution in [1.82, 2.24) is 0 Å². The molecule has 6 nitrogen and oxygen atoms in total. The van der Waals surface area contributed by atoms with E-state index in [1.54, 1.807) is 42.5 Å². The van der Waals surface area contributed by atoms with Crippen LogP contribution in [0.3, 0.4) is 0 Å². The summed E-state index contributed by atoms with van der Waals surface area (Å²) in [5, 5.41) is 0. The molecule has 4 rings (SSSR count). The van der Waals surface area contributed by atoms with Gasteiger partial charge in [-0.3, -0.25) is 4.79 Å². The highest BCUT2D eigenvalue weighted by Crippen LogP contribution is 2.30. The number of rotatable bonds is 5. The molecule has 7 heteroatoms. The zero-order valence-electron chi connectivity index (χ0n) is 16.4. The van der Waals surface area contributed by atoms with Gasteiger partial charge in [0.2, 0.25) is 5.90 Å². The summed E-state index contributed by atoms with van der Waals surface area (Å²) >= 11 is 3.45. The number of halogens is 1. The predicted molar refractivity (Wildman–Crippen MR) is 119 cm³/mol. The first kappa shape index (κ1) is 20.6. The summed E-state index contributed by atoms with van der Waals surface area (Å²) in [4.78, 5) is 27.9. The summed E-state index contributed by atoms with van der Waals surface area (Å²) in [6, 6.07) is 21.5. The molecule has 1 aliphatic heterocycles. The largest absolute Gasteiger partial charge is 0.456 e. The number of hydrogen-bond donors (Lipinski definition) is 0. The second-order valence-electron chi connectivity index (χ2n) is 6.53. The number of carbonyl (C=O) groups excluding carboxylic acids is 2. The molecule has 1 aliphatic rings. The number of cyclic esters (lactones) is 1. The maximum atomic E-state index is 12.3. The fraction of sp³-hybridized carbons (Fsp3) is 0.0417. The van der Waals surface area contributed by atoms with Crippen molar-refractivity contribution in [2.75, 3.05) is 0 Å². The van der Waals surface area contributed by atoms with E-state index in [1.165, 1.54) is 6.92 Å². The Morgan fingerprint density at radius 3 is 2.35 bits per heavy atom. The zero-order chi connectivity index (χ0) is 21.8. The monoisotopic (exact) mass is 477 g/mol. The Bertz CT molecular complexity index is 1210. The lowest BCUT2D eigenvalue weighted by Gasteiger charge is -2.07. The predicted octanol–water partition coefficient (Wildman–Crippen LogP) is 5.51. The molecule has 0 aliphatic carbocycles. The van der Waals surface area contributed by atoms with Gasteiger partial charge in [-0.15, -0.1) is 0 Å². The molecule has 0 atom stereocenters. The minimum Gasteiger partial charge on any atom is -0.456 e. The van der Waals surface area contributed by atoms with Crippen LogP contribution in [0.15, 0.2) is 88.0 Å². The van der Waals surface area contributed by atoms with E-state index in [1.807, 2.05) is 36.4 Å². The van der Waals surface area contributed by atoms with Crippen LogP contribution in [0.4, 0.5) is 0 Å². The lowest BCUT2D eigenvalue weighted by atomic mass is 10.2. The van der Waals surface area contributed by atoms with E-state index < -0.39 is 11.9 Å². The second-order valence-corrected chi connectivity index (χ2v) is 7.38. The van der Waals surface area contributed by atoms with Gasteiger partial charge in [-0.25, -0.2) is 9.79 Å². The third-order valence-electron chi connectivity index (χ3n) is 4.24. The lowest BCUT2D eigenvalue weighted by molar-refractivity contribution is -0.132. The minimum absolute atomic E-state index is 0.0852. The third-order valence-corrected chi connectivity index (χ3v) is 4.89. The molecule has 1 heterocycles. The molecular weight excluding hydrogens is 462 g/mol. The van der Waals surface area contributed by atoms with Crippen LogP contribution < -0.4 is 9.47 Å². The molecule has 0 saturated carbocycles. The first-order chi connectivity index (χ1) is 15.0. The Labute approximate surface area is 186 Å². The Morgan fingerprint density at radius 2 is 1.65 bits per heavy atom. The first-order valence-electron chi connectivity index (χ1n) is 9.32. The van der Waals surface area contributed by atoms with E-state index in [0.717, 1.165) is 10.0 Å². The first-order valence-corrected chi connectivity index (χ1v) is 10.1. The number of hydrogen-bond acceptors (Lipinski definition) is 6. The van der Waals surface area contributed by atoms with Gasteiger partial charge in [-0.2, -0.15) is 0 Å². The number of ether oxygens (including phenoxy) is 3. The molecule has 0 aromatic heterocycles. The number of esters is 2. The molecule has 3 aromatic carbocycles. The van der Waals surface area contributed by atoms with Crippen molar-refractivity contribution in [3.05, 3.63) is 94.1 Å². The summed E-state index contributed by atoms with van der Waals surface area (Å²) in [7, 11) is 0. The molecule has 0 spiro atoms. The highest BCUT2D eigenvalue weighted by Gasteiger charge is 2.26. The normalized spacial score (nSPS) is 14.2. The van der Waals surface area contributed by atoms with Gasteiger partial charge >= 0.3 is 11.9 Å². The van der Waals surface area contributed by atoms with E-state index in [9.17, 15) is 9.59 Å². The van der Waals surface area contributed by atoms with Crippen molar-refractivity contribution in [1.29, 1.82) is 0 Å². The van der Waals surface area contributed by atoms with E-state index in [2.05, 4.69) is 20.9 Å². The van der Waals surface area contributed by atoms with Crippen LogP contribution in [0.1, 0.15) is 18.1 Å². The van der Waals surface area contributed by atoms with Crippen LogP contribution in [0.5, 0.6) is 17.2 Å². The van der Waals surface area contributed by atoms with E-state index in [4.69, 9.17) is 14.2 Å². The van der Waals surface area contributed by atoms with Gasteiger partial charge in [0.15, 0.2) is 5.70 Å². The molecule has 154 valence electrons. The van der Waals surface area contributed by atoms with Crippen LogP contribution in [0, 0.1) is 0 Å². The summed E-state index contributed by atoms with van der Waals surface area (Å²) < 4.78 is 17.2. The molecular formula is C24H16BrNO5. The van der Waals surface area contributed by atoms with Crippen LogP contribution in [0.25, 0.3) is 6.08 Å². The summed E-state index contributed by atoms with van der Waals surface area (Å²) in [5.74, 6) is 0.661. The van der Waals surface area contributed by atoms with Crippen molar-refractivity contribution in [2.45, 2.75) is 6.92 Å². The fourth-order valence-electron chi connectivity index (χ4n) is 2.86. The standard InChI is InChI=1S/C24H16BrNO5/c1-15(27)29-21-8-4-2-6-18(21)23-26-20(24(28)31-23)14-16-10-12-17(13-11-16)30-22-9-5-3-7-19(22)25/h2-14H,1H3. The molecule has 0 unspecified atom stereocenters. The second kappa shape index (κ2) is 8.97. The Balaban J connectivity index is 1.55. The number of para-hydroxylation sites is 2. The summed E-state index contributed by atoms with van der Waals surface area (Å²) in [6.45, 7) is 1.30. The van der Waals surface area contributed by atoms with Crippen molar-refractivity contribution >= 4 is 39.8 Å². The maximum absolute atomic E-state index is 12.3. The van der Waals surface area contributed by atoms with Crippen molar-refractivity contribution in [2.24, 2.45) is 4.99 Å². The van der Waals surface area contributed by atoms with E-state index in [-0.39, 0.29) is 17.3 Å². The summed E-state index contributed by atoms with van der Waals surface area (Å²) in [5.41, 5.74) is 1.32. The van der Waals surface area contributed by atoms with Crippen molar-refractivity contribution in [3.8, 4) is 17.2 Å². The van der Waals surface area contributed by atoms with Gasteiger partial charge in [-0.05, 0) is 64.0 Å². The van der Waals surface area contributed by atoms with Crippen LogP contribution in [0.2, 0.25) is 0 Å². The van der Waals surface area contributed by atoms with Crippen LogP contribution in [-0.2, 0) is 14.3 Å². The highest BCUT2D eigenvalue weighted by molar-refractivity contribution is 9.10. The van der Waals surface area contributed by atoms with Gasteiger partial charge in [-0.1, -0.05) is 36.4 Å². The lowest BCUT2D eigenvalue weighted by Crippen LogP contribution is -2.10. The fourth-order valence-corrected chi connectivity index (χ4v) is 3.22. The SMILES string of the molecule is CC(=O)Oc1ccccc1C1=NC(=Cc2ccc(Oc3ccccc3Br)cc2)C(=O)O1. The molecule has 0 amide bonds. The maximum Gasteiger partial charge on any atom is 0.363 e. The highest BCUT2D eigenvalue weighted by atomic mass is 79.9. The summed E-state index contributed by atoms with van der Waals surface area (Å²) in [6.07, 6.45) is 1.62. The molecule has 0 bridgehead atoms. The van der Waals surface area contributed by atoms with E-state index in [0.29, 0.717) is 17.1 Å². The van der Waals surface area contributed by atoms with Gasteiger partial charge in [0.25, 0.3) is 0 Å². The quantitative estimate of drug-likeness (QED) is 0.275. The molecule has 31 heavy (non-hydrogen) atoms. The number of benzene rings is 3. The molecule has 3 aromatic rings.